The third-order valence-corrected chi connectivity index (χ3v) is 9.75. The summed E-state index contributed by atoms with van der Waals surface area (Å²) in [6, 6.07) is 18.6. The number of tetrazole rings is 1. The first-order valence-corrected chi connectivity index (χ1v) is 17.0. The van der Waals surface area contributed by atoms with Crippen molar-refractivity contribution in [3.8, 4) is 6.07 Å². The van der Waals surface area contributed by atoms with E-state index in [0.29, 0.717) is 55.8 Å². The predicted molar refractivity (Wildman–Crippen MR) is 182 cm³/mol. The second-order valence-corrected chi connectivity index (χ2v) is 12.7. The second kappa shape index (κ2) is 15.0. The molecule has 258 valence electrons. The van der Waals surface area contributed by atoms with Gasteiger partial charge in [0.05, 0.1) is 18.0 Å². The van der Waals surface area contributed by atoms with Gasteiger partial charge in [0, 0.05) is 36.8 Å². The van der Waals surface area contributed by atoms with Crippen molar-refractivity contribution in [3.63, 3.8) is 0 Å². The molecule has 1 aliphatic carbocycles. The predicted octanol–water partition coefficient (Wildman–Crippen LogP) is 3.51. The average molecular weight is 678 g/mol. The summed E-state index contributed by atoms with van der Waals surface area (Å²) in [5, 5.41) is 34.3. The van der Waals surface area contributed by atoms with Gasteiger partial charge in [0.15, 0.2) is 5.82 Å². The molecule has 0 saturated carbocycles. The van der Waals surface area contributed by atoms with Crippen molar-refractivity contribution in [1.82, 2.24) is 41.5 Å². The van der Waals surface area contributed by atoms with Gasteiger partial charge in [-0.05, 0) is 121 Å². The summed E-state index contributed by atoms with van der Waals surface area (Å²) in [6.45, 7) is 5.14. The lowest BCUT2D eigenvalue weighted by atomic mass is 9.67. The lowest BCUT2D eigenvalue weighted by Gasteiger charge is -2.38. The maximum atomic E-state index is 14.3. The molecular weight excluding hydrogens is 637 g/mol. The molecule has 2 atom stereocenters. The summed E-state index contributed by atoms with van der Waals surface area (Å²) in [5.41, 5.74) is 4.21. The summed E-state index contributed by atoms with van der Waals surface area (Å²) in [4.78, 5) is 41.1. The molecule has 0 spiro atoms. The first-order chi connectivity index (χ1) is 24.3. The van der Waals surface area contributed by atoms with Gasteiger partial charge in [-0.3, -0.25) is 14.4 Å². The maximum Gasteiger partial charge on any atom is 0.251 e. The first kappa shape index (κ1) is 34.4. The largest absolute Gasteiger partial charge is 0.352 e. The highest BCUT2D eigenvalue weighted by Crippen LogP contribution is 2.49. The molecule has 0 bridgehead atoms. The van der Waals surface area contributed by atoms with Gasteiger partial charge < -0.3 is 20.9 Å². The molecule has 4 N–H and O–H groups in total. The SMILES string of the molecule is CCNC(=O)c1ccc2c(c1)CCc1cc(C(=O)NCC)ccc1C2(C[C@H](NCC(=O)N1CCCC1C#N)c1ccc(F)cc1)c1nnn[nH]1. The van der Waals surface area contributed by atoms with Crippen LogP contribution in [0.2, 0.25) is 0 Å². The van der Waals surface area contributed by atoms with Crippen LogP contribution in [0.5, 0.6) is 0 Å². The number of aromatic nitrogens is 4. The van der Waals surface area contributed by atoms with Crippen LogP contribution in [-0.4, -0.2) is 75.5 Å². The number of nitrogens with zero attached hydrogens (tertiary/aromatic N) is 5. The fourth-order valence-corrected chi connectivity index (χ4v) is 7.39. The van der Waals surface area contributed by atoms with Crippen molar-refractivity contribution in [2.24, 2.45) is 0 Å². The first-order valence-electron chi connectivity index (χ1n) is 17.0. The van der Waals surface area contributed by atoms with Crippen LogP contribution >= 0.6 is 0 Å². The molecule has 12 nitrogen and oxygen atoms in total. The molecule has 2 heterocycles. The number of aryl methyl sites for hydroxylation is 2. The van der Waals surface area contributed by atoms with Crippen LogP contribution < -0.4 is 16.0 Å². The number of carbonyl (C=O) groups excluding carboxylic acids is 3. The van der Waals surface area contributed by atoms with E-state index >= 15 is 0 Å². The number of fused-ring (bicyclic) bond motifs is 2. The van der Waals surface area contributed by atoms with Crippen molar-refractivity contribution in [3.05, 3.63) is 111 Å². The molecule has 13 heteroatoms. The molecule has 3 aromatic carbocycles. The van der Waals surface area contributed by atoms with E-state index in [1.807, 2.05) is 38.1 Å². The average Bonchev–Trinajstić information content (AvgIpc) is 3.83. The Hall–Kier alpha value is -5.48. The standard InChI is InChI=1S/C37H40FN9O3/c1-3-40-34(49)26-11-15-30-24(18-26)7-8-25-19-27(35(50)41-4-2)12-16-31(25)37(30,36-43-45-46-44-36)20-32(23-9-13-28(38)14-10-23)42-22-33(48)47-17-5-6-29(47)21-39/h9-16,18-19,29,32,42H,3-8,17,20,22H2,1-2H3,(H,40,49)(H,41,50)(H,43,44,45,46)/t29?,32-/m0/s1. The Kier molecular flexibility index (Phi) is 10.3. The lowest BCUT2D eigenvalue weighted by molar-refractivity contribution is -0.130. The number of hydrogen-bond donors (Lipinski definition) is 4. The Labute approximate surface area is 289 Å². The van der Waals surface area contributed by atoms with E-state index in [4.69, 9.17) is 0 Å². The van der Waals surface area contributed by atoms with Gasteiger partial charge in [0.25, 0.3) is 11.8 Å². The molecule has 1 fully saturated rings. The number of rotatable bonds is 11. The fraction of sp³-hybridized carbons (Fsp3) is 0.378. The summed E-state index contributed by atoms with van der Waals surface area (Å²) in [5.74, 6) is -0.541. The van der Waals surface area contributed by atoms with E-state index in [0.717, 1.165) is 34.2 Å². The van der Waals surface area contributed by atoms with E-state index < -0.39 is 23.3 Å². The summed E-state index contributed by atoms with van der Waals surface area (Å²) in [7, 11) is 0. The summed E-state index contributed by atoms with van der Waals surface area (Å²) in [6.07, 6.45) is 2.79. The Morgan fingerprint density at radius 3 is 2.14 bits per heavy atom. The minimum absolute atomic E-state index is 0.0586. The van der Waals surface area contributed by atoms with E-state index in [1.54, 1.807) is 29.2 Å². The fourth-order valence-electron chi connectivity index (χ4n) is 7.39. The van der Waals surface area contributed by atoms with E-state index in [2.05, 4.69) is 42.6 Å². The molecule has 4 aromatic rings. The Bertz CT molecular complexity index is 1840. The highest BCUT2D eigenvalue weighted by Gasteiger charge is 2.46. The van der Waals surface area contributed by atoms with Crippen LogP contribution in [0.15, 0.2) is 60.7 Å². The number of hydrogen-bond acceptors (Lipinski definition) is 8. The number of nitriles is 1. The second-order valence-electron chi connectivity index (χ2n) is 12.7. The maximum absolute atomic E-state index is 14.3. The zero-order valence-electron chi connectivity index (χ0n) is 28.1. The molecule has 1 aromatic heterocycles. The number of amides is 3. The number of benzene rings is 3. The van der Waals surface area contributed by atoms with Crippen molar-refractivity contribution in [2.45, 2.75) is 63.5 Å². The zero-order valence-corrected chi connectivity index (χ0v) is 28.1. The zero-order chi connectivity index (χ0) is 35.3. The van der Waals surface area contributed by atoms with Gasteiger partial charge in [-0.1, -0.05) is 24.3 Å². The van der Waals surface area contributed by atoms with Gasteiger partial charge in [-0.25, -0.2) is 9.49 Å². The third-order valence-electron chi connectivity index (χ3n) is 9.75. The van der Waals surface area contributed by atoms with Crippen LogP contribution in [0.3, 0.4) is 0 Å². The normalized spacial score (nSPS) is 16.8. The van der Waals surface area contributed by atoms with Gasteiger partial charge in [0.1, 0.15) is 11.9 Å². The number of H-pyrrole nitrogens is 1. The monoisotopic (exact) mass is 677 g/mol. The van der Waals surface area contributed by atoms with Crippen molar-refractivity contribution in [2.75, 3.05) is 26.2 Å². The highest BCUT2D eigenvalue weighted by atomic mass is 19.1. The molecule has 3 amide bonds. The molecule has 6 rings (SSSR count). The van der Waals surface area contributed by atoms with Gasteiger partial charge in [-0.15, -0.1) is 5.10 Å². The van der Waals surface area contributed by atoms with E-state index in [1.165, 1.54) is 12.1 Å². The minimum atomic E-state index is -1.08. The summed E-state index contributed by atoms with van der Waals surface area (Å²) < 4.78 is 14.3. The molecule has 2 aliphatic rings. The number of likely N-dealkylation sites (tertiary alicyclic amines) is 1. The Morgan fingerprint density at radius 2 is 1.60 bits per heavy atom. The Balaban J connectivity index is 1.52. The number of carbonyl (C=O) groups is 3. The third kappa shape index (κ3) is 6.71. The molecule has 0 radical (unpaired) electrons. The summed E-state index contributed by atoms with van der Waals surface area (Å²) >= 11 is 0. The quantitative estimate of drug-likeness (QED) is 0.187. The number of halogens is 1. The van der Waals surface area contributed by atoms with Crippen molar-refractivity contribution < 1.29 is 18.8 Å². The van der Waals surface area contributed by atoms with E-state index in [9.17, 15) is 24.0 Å². The van der Waals surface area contributed by atoms with E-state index in [-0.39, 0.29) is 30.7 Å². The van der Waals surface area contributed by atoms with Crippen LogP contribution in [0, 0.1) is 17.1 Å². The highest BCUT2D eigenvalue weighted by molar-refractivity contribution is 5.95. The topological polar surface area (TPSA) is 169 Å². The smallest absolute Gasteiger partial charge is 0.251 e. The number of aromatic amines is 1. The molecular formula is C37H40FN9O3. The van der Waals surface area contributed by atoms with Crippen LogP contribution in [0.25, 0.3) is 0 Å². The van der Waals surface area contributed by atoms with Gasteiger partial charge in [0.2, 0.25) is 5.91 Å². The molecule has 1 aliphatic heterocycles. The number of nitrogens with one attached hydrogen (secondary N) is 4. The lowest BCUT2D eigenvalue weighted by Crippen LogP contribution is -2.43. The van der Waals surface area contributed by atoms with Gasteiger partial charge in [-0.2, -0.15) is 5.26 Å². The van der Waals surface area contributed by atoms with Crippen LogP contribution in [0.4, 0.5) is 4.39 Å². The Morgan fingerprint density at radius 1 is 0.980 bits per heavy atom. The minimum Gasteiger partial charge on any atom is -0.352 e. The van der Waals surface area contributed by atoms with Crippen molar-refractivity contribution >= 4 is 17.7 Å². The van der Waals surface area contributed by atoms with Crippen LogP contribution in [-0.2, 0) is 23.1 Å². The molecule has 1 unspecified atom stereocenters. The molecule has 1 saturated heterocycles. The van der Waals surface area contributed by atoms with Gasteiger partial charge >= 0.3 is 0 Å². The molecule has 50 heavy (non-hydrogen) atoms. The van der Waals surface area contributed by atoms with Crippen LogP contribution in [0.1, 0.15) is 93.5 Å². The van der Waals surface area contributed by atoms with Crippen molar-refractivity contribution in [1.29, 1.82) is 5.26 Å².